The quantitative estimate of drug-likeness (QED) is 0.202. The van der Waals surface area contributed by atoms with Crippen LogP contribution >= 0.6 is 27.5 Å². The van der Waals surface area contributed by atoms with Crippen LogP contribution in [-0.4, -0.2) is 20.6 Å². The molecule has 2 heterocycles. The lowest BCUT2D eigenvalue weighted by atomic mass is 10.1. The number of nitrogens with zero attached hydrogens (tertiary/aromatic N) is 3. The highest BCUT2D eigenvalue weighted by atomic mass is 79.9. The minimum Gasteiger partial charge on any atom is -0.366 e. The third kappa shape index (κ3) is 5.35. The number of amides is 2. The molecule has 0 spiro atoms. The zero-order valence-electron chi connectivity index (χ0n) is 19.3. The number of carbonyl (C=O) groups is 1. The molecule has 2 amide bonds. The maximum Gasteiger partial charge on any atom is 0.323 e. The van der Waals surface area contributed by atoms with Crippen LogP contribution in [0.25, 0.3) is 16.9 Å². The smallest absolute Gasteiger partial charge is 0.323 e. The van der Waals surface area contributed by atoms with Crippen molar-refractivity contribution in [2.24, 2.45) is 0 Å². The number of rotatable bonds is 6. The van der Waals surface area contributed by atoms with E-state index in [-0.39, 0.29) is 6.03 Å². The van der Waals surface area contributed by atoms with Gasteiger partial charge in [0, 0.05) is 34.6 Å². The number of fused-ring (bicyclic) bond motifs is 1. The predicted octanol–water partition coefficient (Wildman–Crippen LogP) is 7.38. The summed E-state index contributed by atoms with van der Waals surface area (Å²) in [6.45, 7) is 2.53. The molecule has 0 aliphatic carbocycles. The van der Waals surface area contributed by atoms with E-state index in [1.807, 2.05) is 85.8 Å². The minimum atomic E-state index is -0.290. The lowest BCUT2D eigenvalue weighted by molar-refractivity contribution is 0.262. The number of anilines is 3. The fourth-order valence-electron chi connectivity index (χ4n) is 3.78. The average Bonchev–Trinajstić information content (AvgIpc) is 3.24. The molecule has 3 N–H and O–H groups in total. The van der Waals surface area contributed by atoms with E-state index in [1.54, 1.807) is 10.7 Å². The number of benzene rings is 3. The molecule has 0 saturated carbocycles. The predicted molar refractivity (Wildman–Crippen MR) is 149 cm³/mol. The van der Waals surface area contributed by atoms with Gasteiger partial charge in [0.2, 0.25) is 0 Å². The van der Waals surface area contributed by atoms with Crippen molar-refractivity contribution in [3.8, 4) is 11.3 Å². The Labute approximate surface area is 221 Å². The summed E-state index contributed by atoms with van der Waals surface area (Å²) in [4.78, 5) is 17.1. The van der Waals surface area contributed by atoms with Crippen LogP contribution in [0.4, 0.5) is 22.0 Å². The normalized spacial score (nSPS) is 10.9. The molecule has 0 aliphatic rings. The molecular formula is C27H22BrClN6O. The Balaban J connectivity index is 1.29. The molecule has 0 bridgehead atoms. The largest absolute Gasteiger partial charge is 0.366 e. The average molecular weight is 562 g/mol. The van der Waals surface area contributed by atoms with E-state index in [2.05, 4.69) is 37.0 Å². The standard InChI is InChI=1S/C27H22BrClN6O/c1-17-5-4-6-20(13-17)33-27(36)32-19-11-9-18(10-12-19)15-30-25-14-24(21-7-2-3-8-23(21)29)34-26-22(28)16-31-35(25)26/h2-14,16,30H,15H2,1H3,(H2,32,33,36). The number of urea groups is 1. The molecular weight excluding hydrogens is 540 g/mol. The van der Waals surface area contributed by atoms with Gasteiger partial charge in [-0.05, 0) is 64.3 Å². The van der Waals surface area contributed by atoms with Crippen molar-refractivity contribution in [2.75, 3.05) is 16.0 Å². The van der Waals surface area contributed by atoms with E-state index in [0.29, 0.717) is 22.9 Å². The summed E-state index contributed by atoms with van der Waals surface area (Å²) in [6, 6.07) is 24.6. The van der Waals surface area contributed by atoms with Crippen LogP contribution in [0.1, 0.15) is 11.1 Å². The first-order valence-electron chi connectivity index (χ1n) is 11.2. The lowest BCUT2D eigenvalue weighted by Crippen LogP contribution is -2.19. The molecule has 0 unspecified atom stereocenters. The number of nitrogens with one attached hydrogen (secondary N) is 3. The van der Waals surface area contributed by atoms with Gasteiger partial charge in [0.05, 0.1) is 16.4 Å². The molecule has 180 valence electrons. The van der Waals surface area contributed by atoms with Crippen molar-refractivity contribution in [1.29, 1.82) is 0 Å². The SMILES string of the molecule is Cc1cccc(NC(=O)Nc2ccc(CNc3cc(-c4ccccc4Cl)nc4c(Br)cnn34)cc2)c1. The van der Waals surface area contributed by atoms with Crippen LogP contribution in [0, 0.1) is 6.92 Å². The molecule has 0 radical (unpaired) electrons. The molecule has 5 aromatic rings. The molecule has 36 heavy (non-hydrogen) atoms. The number of hydrogen-bond acceptors (Lipinski definition) is 4. The number of aromatic nitrogens is 3. The first kappa shape index (κ1) is 23.8. The molecule has 9 heteroatoms. The number of hydrogen-bond donors (Lipinski definition) is 3. The summed E-state index contributed by atoms with van der Waals surface area (Å²) < 4.78 is 2.54. The van der Waals surface area contributed by atoms with Gasteiger partial charge in [0.1, 0.15) is 5.82 Å². The number of aryl methyl sites for hydroxylation is 1. The molecule has 7 nitrogen and oxygen atoms in total. The maximum absolute atomic E-state index is 12.3. The Hall–Kier alpha value is -3.88. The Kier molecular flexibility index (Phi) is 6.88. The van der Waals surface area contributed by atoms with Crippen LogP contribution < -0.4 is 16.0 Å². The van der Waals surface area contributed by atoms with Gasteiger partial charge in [0.15, 0.2) is 5.65 Å². The zero-order chi connectivity index (χ0) is 25.1. The van der Waals surface area contributed by atoms with Crippen molar-refractivity contribution >= 4 is 56.4 Å². The van der Waals surface area contributed by atoms with Crippen LogP contribution in [0.2, 0.25) is 5.02 Å². The van der Waals surface area contributed by atoms with Gasteiger partial charge >= 0.3 is 6.03 Å². The van der Waals surface area contributed by atoms with Gasteiger partial charge in [-0.3, -0.25) is 0 Å². The molecule has 3 aromatic carbocycles. The second-order valence-electron chi connectivity index (χ2n) is 8.23. The first-order chi connectivity index (χ1) is 17.5. The second kappa shape index (κ2) is 10.4. The molecule has 2 aromatic heterocycles. The fourth-order valence-corrected chi connectivity index (χ4v) is 4.36. The van der Waals surface area contributed by atoms with Crippen LogP contribution in [0.5, 0.6) is 0 Å². The van der Waals surface area contributed by atoms with E-state index >= 15 is 0 Å². The highest BCUT2D eigenvalue weighted by Gasteiger charge is 2.13. The number of halogens is 2. The highest BCUT2D eigenvalue weighted by molar-refractivity contribution is 9.10. The van der Waals surface area contributed by atoms with E-state index in [0.717, 1.165) is 38.4 Å². The Bertz CT molecular complexity index is 1550. The first-order valence-corrected chi connectivity index (χ1v) is 12.4. The fraction of sp³-hybridized carbons (Fsp3) is 0.0741. The second-order valence-corrected chi connectivity index (χ2v) is 9.50. The Morgan fingerprint density at radius 3 is 2.53 bits per heavy atom. The van der Waals surface area contributed by atoms with Crippen LogP contribution in [-0.2, 0) is 6.54 Å². The third-order valence-electron chi connectivity index (χ3n) is 5.54. The monoisotopic (exact) mass is 560 g/mol. The van der Waals surface area contributed by atoms with Gasteiger partial charge in [-0.15, -0.1) is 0 Å². The van der Waals surface area contributed by atoms with Gasteiger partial charge in [-0.1, -0.05) is 54.1 Å². The van der Waals surface area contributed by atoms with E-state index in [9.17, 15) is 4.79 Å². The van der Waals surface area contributed by atoms with Gasteiger partial charge in [0.25, 0.3) is 0 Å². The van der Waals surface area contributed by atoms with Gasteiger partial charge < -0.3 is 16.0 Å². The third-order valence-corrected chi connectivity index (χ3v) is 6.43. The Morgan fingerprint density at radius 2 is 1.75 bits per heavy atom. The zero-order valence-corrected chi connectivity index (χ0v) is 21.6. The van der Waals surface area contributed by atoms with E-state index in [4.69, 9.17) is 16.6 Å². The summed E-state index contributed by atoms with van der Waals surface area (Å²) in [5.41, 5.74) is 5.85. The minimum absolute atomic E-state index is 0.290. The van der Waals surface area contributed by atoms with Crippen LogP contribution in [0.3, 0.4) is 0 Å². The van der Waals surface area contributed by atoms with Crippen molar-refractivity contribution in [3.05, 3.63) is 106 Å². The summed E-state index contributed by atoms with van der Waals surface area (Å²) in [6.07, 6.45) is 1.71. The van der Waals surface area contributed by atoms with E-state index in [1.165, 1.54) is 0 Å². The topological polar surface area (TPSA) is 83.4 Å². The molecule has 0 aliphatic heterocycles. The molecule has 0 fully saturated rings. The highest BCUT2D eigenvalue weighted by Crippen LogP contribution is 2.30. The van der Waals surface area contributed by atoms with Crippen LogP contribution in [0.15, 0.2) is 89.5 Å². The Morgan fingerprint density at radius 1 is 0.972 bits per heavy atom. The molecule has 5 rings (SSSR count). The van der Waals surface area contributed by atoms with Crippen molar-refractivity contribution in [2.45, 2.75) is 13.5 Å². The molecule has 0 saturated heterocycles. The lowest BCUT2D eigenvalue weighted by Gasteiger charge is -2.12. The van der Waals surface area contributed by atoms with E-state index < -0.39 is 0 Å². The summed E-state index contributed by atoms with van der Waals surface area (Å²) in [5.74, 6) is 0.778. The van der Waals surface area contributed by atoms with Gasteiger partial charge in [-0.25, -0.2) is 9.78 Å². The van der Waals surface area contributed by atoms with Crippen molar-refractivity contribution in [3.63, 3.8) is 0 Å². The summed E-state index contributed by atoms with van der Waals surface area (Å²) >= 11 is 9.95. The van der Waals surface area contributed by atoms with Gasteiger partial charge in [-0.2, -0.15) is 9.61 Å². The van der Waals surface area contributed by atoms with Crippen molar-refractivity contribution < 1.29 is 4.79 Å². The summed E-state index contributed by atoms with van der Waals surface area (Å²) in [5, 5.41) is 14.2. The van der Waals surface area contributed by atoms with Crippen molar-refractivity contribution in [1.82, 2.24) is 14.6 Å². The maximum atomic E-state index is 12.3. The number of carbonyl (C=O) groups excluding carboxylic acids is 1. The molecule has 0 atom stereocenters. The summed E-state index contributed by atoms with van der Waals surface area (Å²) in [7, 11) is 0.